The minimum absolute atomic E-state index is 0.0257. The number of sulfonamides is 1. The van der Waals surface area contributed by atoms with Crippen LogP contribution in [-0.4, -0.2) is 50.7 Å². The molecule has 1 atom stereocenters. The zero-order valence-electron chi connectivity index (χ0n) is 11.4. The van der Waals surface area contributed by atoms with Crippen LogP contribution < -0.4 is 5.73 Å². The van der Waals surface area contributed by atoms with E-state index in [4.69, 9.17) is 18.0 Å². The molecule has 1 unspecified atom stereocenters. The summed E-state index contributed by atoms with van der Waals surface area (Å²) < 4.78 is 49.0. The lowest BCUT2D eigenvalue weighted by Crippen LogP contribution is -2.37. The maximum Gasteiger partial charge on any atom is 0.243 e. The van der Waals surface area contributed by atoms with Gasteiger partial charge in [-0.1, -0.05) is 24.4 Å². The number of nitrogens with zero attached hydrogens (tertiary/aromatic N) is 1. The Kier molecular flexibility index (Phi) is 4.39. The molecule has 0 aromatic heterocycles. The Morgan fingerprint density at radius 2 is 1.90 bits per heavy atom. The second-order valence-corrected chi connectivity index (χ2v) is 9.63. The Labute approximate surface area is 129 Å². The third kappa shape index (κ3) is 3.42. The third-order valence-electron chi connectivity index (χ3n) is 3.54. The number of benzene rings is 1. The van der Waals surface area contributed by atoms with Crippen LogP contribution in [0.25, 0.3) is 0 Å². The van der Waals surface area contributed by atoms with Gasteiger partial charge in [0.1, 0.15) is 4.99 Å². The second-order valence-electron chi connectivity index (χ2n) is 4.97. The number of rotatable bonds is 4. The summed E-state index contributed by atoms with van der Waals surface area (Å²) in [7, 11) is -5.47. The molecule has 1 aliphatic heterocycles. The topological polar surface area (TPSA) is 97.5 Å². The zero-order chi connectivity index (χ0) is 15.8. The molecule has 0 spiro atoms. The van der Waals surface area contributed by atoms with Crippen molar-refractivity contribution in [3.05, 3.63) is 29.8 Å². The Bertz CT molecular complexity index is 754. The van der Waals surface area contributed by atoms with Crippen molar-refractivity contribution in [2.45, 2.75) is 17.4 Å². The smallest absolute Gasteiger partial charge is 0.243 e. The molecule has 2 N–H and O–H groups in total. The van der Waals surface area contributed by atoms with Crippen LogP contribution in [0.1, 0.15) is 12.0 Å². The predicted molar refractivity (Wildman–Crippen MR) is 84.3 cm³/mol. The summed E-state index contributed by atoms with van der Waals surface area (Å²) in [6.45, 7) is 0. The molecule has 1 saturated heterocycles. The third-order valence-corrected chi connectivity index (χ3v) is 7.45. The lowest BCUT2D eigenvalue weighted by atomic mass is 10.2. The first kappa shape index (κ1) is 16.3. The highest BCUT2D eigenvalue weighted by Crippen LogP contribution is 2.23. The fourth-order valence-corrected chi connectivity index (χ4v) is 5.61. The van der Waals surface area contributed by atoms with Crippen molar-refractivity contribution in [3.8, 4) is 0 Å². The first-order chi connectivity index (χ1) is 9.63. The average Bonchev–Trinajstić information content (AvgIpc) is 2.78. The fourth-order valence-electron chi connectivity index (χ4n) is 2.22. The molecule has 0 radical (unpaired) electrons. The van der Waals surface area contributed by atoms with Gasteiger partial charge in [-0.15, -0.1) is 0 Å². The van der Waals surface area contributed by atoms with Gasteiger partial charge < -0.3 is 5.73 Å². The maximum atomic E-state index is 12.5. The number of nitrogens with two attached hydrogens (primary N) is 1. The van der Waals surface area contributed by atoms with E-state index in [-0.39, 0.29) is 21.4 Å². The highest BCUT2D eigenvalue weighted by atomic mass is 32.2. The summed E-state index contributed by atoms with van der Waals surface area (Å²) in [5.74, 6) is -0.106. The number of hydrogen-bond donors (Lipinski definition) is 1. The van der Waals surface area contributed by atoms with Crippen molar-refractivity contribution < 1.29 is 16.8 Å². The largest absolute Gasteiger partial charge is 0.389 e. The van der Waals surface area contributed by atoms with E-state index in [1.165, 1.54) is 31.3 Å². The molecule has 0 aliphatic carbocycles. The highest BCUT2D eigenvalue weighted by molar-refractivity contribution is 7.92. The van der Waals surface area contributed by atoms with Gasteiger partial charge in [-0.3, -0.25) is 0 Å². The van der Waals surface area contributed by atoms with Crippen molar-refractivity contribution in [2.75, 3.05) is 18.6 Å². The number of hydrogen-bond acceptors (Lipinski definition) is 5. The van der Waals surface area contributed by atoms with Gasteiger partial charge in [-0.05, 0) is 18.6 Å². The van der Waals surface area contributed by atoms with Gasteiger partial charge in [0.25, 0.3) is 0 Å². The lowest BCUT2D eigenvalue weighted by Gasteiger charge is -2.22. The number of sulfone groups is 1. The van der Waals surface area contributed by atoms with E-state index in [9.17, 15) is 16.8 Å². The normalized spacial score (nSPS) is 21.5. The molecular formula is C12H16N2O4S3. The Morgan fingerprint density at radius 1 is 1.33 bits per heavy atom. The quantitative estimate of drug-likeness (QED) is 0.777. The van der Waals surface area contributed by atoms with Crippen molar-refractivity contribution in [2.24, 2.45) is 5.73 Å². The van der Waals surface area contributed by atoms with Crippen LogP contribution in [0.5, 0.6) is 0 Å². The van der Waals surface area contributed by atoms with Crippen LogP contribution >= 0.6 is 12.2 Å². The fraction of sp³-hybridized carbons (Fsp3) is 0.417. The molecule has 0 saturated carbocycles. The molecule has 116 valence electrons. The van der Waals surface area contributed by atoms with Crippen LogP contribution in [0.3, 0.4) is 0 Å². The molecular weight excluding hydrogens is 332 g/mol. The molecule has 0 amide bonds. The van der Waals surface area contributed by atoms with E-state index in [0.717, 1.165) is 4.31 Å². The summed E-state index contributed by atoms with van der Waals surface area (Å²) >= 11 is 4.81. The van der Waals surface area contributed by atoms with E-state index >= 15 is 0 Å². The van der Waals surface area contributed by atoms with Gasteiger partial charge in [0, 0.05) is 18.7 Å². The first-order valence-electron chi connectivity index (χ1n) is 6.22. The van der Waals surface area contributed by atoms with Gasteiger partial charge in [0.15, 0.2) is 9.84 Å². The van der Waals surface area contributed by atoms with Crippen LogP contribution in [0.4, 0.5) is 0 Å². The van der Waals surface area contributed by atoms with Gasteiger partial charge in [-0.25, -0.2) is 16.8 Å². The monoisotopic (exact) mass is 348 g/mol. The molecule has 0 bridgehead atoms. The molecule has 21 heavy (non-hydrogen) atoms. The predicted octanol–water partition coefficient (Wildman–Crippen LogP) is 0.128. The summed E-state index contributed by atoms with van der Waals surface area (Å²) in [5.41, 5.74) is 6.05. The Morgan fingerprint density at radius 3 is 2.33 bits per heavy atom. The molecule has 9 heteroatoms. The molecule has 1 aromatic rings. The first-order valence-corrected chi connectivity index (χ1v) is 9.89. The summed E-state index contributed by atoms with van der Waals surface area (Å²) in [4.78, 5) is 0.281. The highest BCUT2D eigenvalue weighted by Gasteiger charge is 2.36. The van der Waals surface area contributed by atoms with Crippen LogP contribution in [0.2, 0.25) is 0 Å². The summed E-state index contributed by atoms with van der Waals surface area (Å²) in [6, 6.07) is 5.39. The molecule has 1 aliphatic rings. The molecule has 1 aromatic carbocycles. The zero-order valence-corrected chi connectivity index (χ0v) is 13.8. The Hall–Kier alpha value is -1.03. The van der Waals surface area contributed by atoms with Crippen molar-refractivity contribution in [1.82, 2.24) is 4.31 Å². The summed E-state index contributed by atoms with van der Waals surface area (Å²) in [5, 5.41) is 0. The summed E-state index contributed by atoms with van der Waals surface area (Å²) in [6.07, 6.45) is 0.322. The van der Waals surface area contributed by atoms with E-state index in [2.05, 4.69) is 0 Å². The van der Waals surface area contributed by atoms with E-state index in [0.29, 0.717) is 12.0 Å². The minimum atomic E-state index is -3.73. The van der Waals surface area contributed by atoms with E-state index in [1.54, 1.807) is 0 Å². The molecule has 1 heterocycles. The SMILES string of the molecule is CN(C1CCS(=O)(=O)C1)S(=O)(=O)c1ccc(C(N)=S)cc1. The molecule has 2 rings (SSSR count). The van der Waals surface area contributed by atoms with Crippen molar-refractivity contribution in [1.29, 1.82) is 0 Å². The van der Waals surface area contributed by atoms with Gasteiger partial charge in [-0.2, -0.15) is 4.31 Å². The standard InChI is InChI=1S/C12H16N2O4S3/c1-14(10-6-7-20(15,16)8-10)21(17,18)11-4-2-9(3-5-11)12(13)19/h2-5,10H,6-8H2,1H3,(H2,13,19). The van der Waals surface area contributed by atoms with Crippen molar-refractivity contribution >= 4 is 37.1 Å². The van der Waals surface area contributed by atoms with E-state index < -0.39 is 25.9 Å². The lowest BCUT2D eigenvalue weighted by molar-refractivity contribution is 0.394. The maximum absolute atomic E-state index is 12.5. The molecule has 6 nitrogen and oxygen atoms in total. The van der Waals surface area contributed by atoms with Crippen LogP contribution in [-0.2, 0) is 19.9 Å². The van der Waals surface area contributed by atoms with Gasteiger partial charge in [0.05, 0.1) is 16.4 Å². The van der Waals surface area contributed by atoms with Gasteiger partial charge >= 0.3 is 0 Å². The second kappa shape index (κ2) is 5.64. The average molecular weight is 348 g/mol. The van der Waals surface area contributed by atoms with Crippen LogP contribution in [0.15, 0.2) is 29.2 Å². The van der Waals surface area contributed by atoms with Gasteiger partial charge in [0.2, 0.25) is 10.0 Å². The Balaban J connectivity index is 2.27. The van der Waals surface area contributed by atoms with E-state index in [1.807, 2.05) is 0 Å². The minimum Gasteiger partial charge on any atom is -0.389 e. The number of thiocarbonyl (C=S) groups is 1. The van der Waals surface area contributed by atoms with Crippen LogP contribution in [0, 0.1) is 0 Å². The van der Waals surface area contributed by atoms with Crippen molar-refractivity contribution in [3.63, 3.8) is 0 Å². The molecule has 1 fully saturated rings.